The van der Waals surface area contributed by atoms with Gasteiger partial charge < -0.3 is 9.47 Å². The first kappa shape index (κ1) is 20.9. The van der Waals surface area contributed by atoms with E-state index in [9.17, 15) is 0 Å². The lowest BCUT2D eigenvalue weighted by Gasteiger charge is -2.39. The quantitative estimate of drug-likeness (QED) is 0.246. The maximum Gasteiger partial charge on any atom is 0.259 e. The third-order valence-electron chi connectivity index (χ3n) is 8.43. The molecule has 2 nitrogen and oxygen atoms in total. The van der Waals surface area contributed by atoms with Gasteiger partial charge in [0.2, 0.25) is 0 Å². The van der Waals surface area contributed by atoms with Crippen LogP contribution < -0.4 is 80.5 Å². The minimum Gasteiger partial charge on any atom is -0.460 e. The fraction of sp³-hybridized carbons (Fsp3) is 0. The molecule has 3 aromatic carbocycles. The third kappa shape index (κ3) is 2.55. The Bertz CT molecular complexity index is 1330. The van der Waals surface area contributed by atoms with E-state index in [2.05, 4.69) is 84.5 Å². The Kier molecular flexibility index (Phi) is 4.53. The third-order valence-corrected chi connectivity index (χ3v) is 8.43. The van der Waals surface area contributed by atoms with Crippen molar-refractivity contribution in [3.8, 4) is 23.0 Å². The first-order valence-electron chi connectivity index (χ1n) is 11.3. The average Bonchev–Trinajstić information content (AvgIpc) is 2.75. The maximum atomic E-state index is 6.77. The van der Waals surface area contributed by atoms with Crippen molar-refractivity contribution in [1.82, 2.24) is 0 Å². The number of benzene rings is 3. The Morgan fingerprint density at radius 3 is 1.52 bits per heavy atom. The monoisotopic (exact) mass is 390 g/mol. The van der Waals surface area contributed by atoms with Gasteiger partial charge in [-0.05, 0) is 17.0 Å². The summed E-state index contributed by atoms with van der Waals surface area (Å²) in [6, 6.07) is 2.23. The number of hydrogen-bond donors (Lipinski definition) is 0. The Hall–Kier alpha value is -2.03. The van der Waals surface area contributed by atoms with Gasteiger partial charge in [0.1, 0.15) is 101 Å². The molecule has 0 saturated carbocycles. The molecule has 0 amide bonds. The number of ether oxygens (including phenoxy) is 2. The molecule has 0 saturated heterocycles. The van der Waals surface area contributed by atoms with E-state index in [1.54, 1.807) is 0 Å². The molecule has 0 bridgehead atoms. The molecule has 0 radical (unpaired) electrons. The van der Waals surface area contributed by atoms with Crippen molar-refractivity contribution in [1.29, 1.82) is 0 Å². The molecule has 0 aliphatic carbocycles. The predicted molar refractivity (Wildman–Crippen MR) is 166 cm³/mol. The second-order valence-corrected chi connectivity index (χ2v) is 9.68. The second-order valence-electron chi connectivity index (χ2n) is 9.68. The normalized spacial score (nSPS) is 13.0. The van der Waals surface area contributed by atoms with Gasteiger partial charge in [-0.2, -0.15) is 0 Å². The van der Waals surface area contributed by atoms with Crippen LogP contribution in [0.2, 0.25) is 0 Å². The molecule has 0 spiro atoms. The van der Waals surface area contributed by atoms with Crippen LogP contribution in [0.1, 0.15) is 0 Å². The van der Waals surface area contributed by atoms with E-state index in [-0.39, 0.29) is 6.71 Å². The minimum absolute atomic E-state index is 0.132. The van der Waals surface area contributed by atoms with Gasteiger partial charge in [0.05, 0.1) is 0 Å². The zero-order chi connectivity index (χ0) is 22.5. The molecular formula is C18H21B11O2. The van der Waals surface area contributed by atoms with Crippen LogP contribution in [0.3, 0.4) is 0 Å². The Morgan fingerprint density at radius 1 is 0.452 bits per heavy atom. The molecule has 0 N–H and O–H groups in total. The highest BCUT2D eigenvalue weighted by Gasteiger charge is 2.44. The number of fused-ring (bicyclic) bond motifs is 4. The van der Waals surface area contributed by atoms with Gasteiger partial charge in [-0.15, -0.1) is 10.9 Å². The highest BCUT2D eigenvalue weighted by atomic mass is 16.5. The van der Waals surface area contributed by atoms with Crippen molar-refractivity contribution in [3.63, 3.8) is 0 Å². The summed E-state index contributed by atoms with van der Waals surface area (Å²) in [5.74, 6) is 4.02. The fourth-order valence-electron chi connectivity index (χ4n) is 5.59. The van der Waals surface area contributed by atoms with Crippen LogP contribution in [0, 0.1) is 0 Å². The van der Waals surface area contributed by atoms with Crippen molar-refractivity contribution in [2.45, 2.75) is 0 Å². The van der Waals surface area contributed by atoms with Gasteiger partial charge in [-0.25, -0.2) is 0 Å². The van der Waals surface area contributed by atoms with E-state index in [1.165, 1.54) is 71.0 Å². The summed E-state index contributed by atoms with van der Waals surface area (Å²) in [6.07, 6.45) is 0. The van der Waals surface area contributed by atoms with Crippen molar-refractivity contribution < 1.29 is 9.47 Å². The number of hydrogen-bond acceptors (Lipinski definition) is 2. The van der Waals surface area contributed by atoms with Gasteiger partial charge >= 0.3 is 0 Å². The minimum atomic E-state index is 0.132. The summed E-state index contributed by atoms with van der Waals surface area (Å²) in [4.78, 5) is 0. The topological polar surface area (TPSA) is 18.5 Å². The molecule has 2 aliphatic rings. The van der Waals surface area contributed by atoms with E-state index in [1.807, 2.05) is 0 Å². The Balaban J connectivity index is 2.00. The molecule has 0 aromatic heterocycles. The molecule has 31 heavy (non-hydrogen) atoms. The molecule has 0 unspecified atom stereocenters. The van der Waals surface area contributed by atoms with Gasteiger partial charge in [0.15, 0.2) is 0 Å². The molecule has 138 valence electrons. The second kappa shape index (κ2) is 6.74. The molecule has 0 fully saturated rings. The first-order chi connectivity index (χ1) is 14.6. The van der Waals surface area contributed by atoms with Gasteiger partial charge in [0, 0.05) is 5.46 Å². The molecule has 2 heterocycles. The standard InChI is InChI=1S/C18H21B11O2/c19-2-1-3-13(8(24)4(2)20)29-14-9(25)5(21)6(22)10(26)16(14)31-18-12(28)7(23)11(27)17(30-3)15(18)29/h1H,19-28H2. The first-order valence-corrected chi connectivity index (χ1v) is 11.3. The Morgan fingerprint density at radius 2 is 0.903 bits per heavy atom. The summed E-state index contributed by atoms with van der Waals surface area (Å²) in [5, 5.41) is 0. The van der Waals surface area contributed by atoms with E-state index < -0.39 is 0 Å². The molecule has 0 atom stereocenters. The molecule has 2 aliphatic heterocycles. The molecule has 13 heteroatoms. The predicted octanol–water partition coefficient (Wildman–Crippen LogP) is -15.0. The lowest BCUT2D eigenvalue weighted by Crippen LogP contribution is -2.72. The molecular weight excluding hydrogens is 367 g/mol. The van der Waals surface area contributed by atoms with Gasteiger partial charge in [-0.1, -0.05) is 43.7 Å². The van der Waals surface area contributed by atoms with Crippen LogP contribution in [0.4, 0.5) is 0 Å². The van der Waals surface area contributed by atoms with E-state index >= 15 is 0 Å². The van der Waals surface area contributed by atoms with Gasteiger partial charge in [-0.3, -0.25) is 0 Å². The summed E-state index contributed by atoms with van der Waals surface area (Å²) in [5.41, 5.74) is 16.7. The lowest BCUT2D eigenvalue weighted by molar-refractivity contribution is 0.472. The number of rotatable bonds is 0. The van der Waals surface area contributed by atoms with E-state index in [0.29, 0.717) is 0 Å². The summed E-state index contributed by atoms with van der Waals surface area (Å²) >= 11 is 0. The van der Waals surface area contributed by atoms with Crippen LogP contribution in [-0.4, -0.2) is 85.2 Å². The van der Waals surface area contributed by atoms with E-state index in [4.69, 9.17) is 9.47 Å². The largest absolute Gasteiger partial charge is 0.460 e. The molecule has 5 rings (SSSR count). The van der Waals surface area contributed by atoms with Crippen LogP contribution in [0.25, 0.3) is 0 Å². The average molecular weight is 388 g/mol. The van der Waals surface area contributed by atoms with Crippen molar-refractivity contribution in [3.05, 3.63) is 6.07 Å². The highest BCUT2D eigenvalue weighted by Crippen LogP contribution is 2.29. The van der Waals surface area contributed by atoms with Crippen LogP contribution in [-0.2, 0) is 0 Å². The SMILES string of the molecule is Bc1cc2c(c(B)c1B)B1c3c(B)c(B)c(B)c(B)c3Oc3c(B)c(B)c(B)c(c31)O2. The van der Waals surface area contributed by atoms with Crippen molar-refractivity contribution >= 4 is 156 Å². The fourth-order valence-corrected chi connectivity index (χ4v) is 5.59. The Labute approximate surface area is 194 Å². The maximum absolute atomic E-state index is 6.77. The zero-order valence-electron chi connectivity index (χ0n) is 20.5. The highest BCUT2D eigenvalue weighted by molar-refractivity contribution is 7.03. The van der Waals surface area contributed by atoms with Crippen LogP contribution >= 0.6 is 0 Å². The van der Waals surface area contributed by atoms with E-state index in [0.717, 1.165) is 23.0 Å². The summed E-state index contributed by atoms with van der Waals surface area (Å²) in [7, 11) is 22.1. The molecule has 3 aromatic rings. The van der Waals surface area contributed by atoms with Gasteiger partial charge in [0.25, 0.3) is 6.71 Å². The summed E-state index contributed by atoms with van der Waals surface area (Å²) in [6.45, 7) is 0.132. The van der Waals surface area contributed by atoms with Crippen LogP contribution in [0.5, 0.6) is 23.0 Å². The van der Waals surface area contributed by atoms with Crippen molar-refractivity contribution in [2.24, 2.45) is 0 Å². The summed E-state index contributed by atoms with van der Waals surface area (Å²) < 4.78 is 13.4. The smallest absolute Gasteiger partial charge is 0.259 e. The van der Waals surface area contributed by atoms with Crippen LogP contribution in [0.15, 0.2) is 6.07 Å². The zero-order valence-corrected chi connectivity index (χ0v) is 20.5. The van der Waals surface area contributed by atoms with Crippen molar-refractivity contribution in [2.75, 3.05) is 0 Å². The lowest BCUT2D eigenvalue weighted by atomic mass is 9.30.